The lowest BCUT2D eigenvalue weighted by Gasteiger charge is -2.28. The van der Waals surface area contributed by atoms with Crippen LogP contribution in [0.3, 0.4) is 0 Å². The molecule has 0 aliphatic rings. The number of nitrogen functional groups attached to an aromatic ring is 1. The van der Waals surface area contributed by atoms with Gasteiger partial charge in [0.15, 0.2) is 17.8 Å². The average Bonchev–Trinajstić information content (AvgIpc) is 3.22. The molecule has 3 aromatic rings. The van der Waals surface area contributed by atoms with Crippen molar-refractivity contribution >= 4 is 24.5 Å². The predicted molar refractivity (Wildman–Crippen MR) is 130 cm³/mol. The number of hydrogen-bond acceptors (Lipinski definition) is 9. The molecule has 186 valence electrons. The summed E-state index contributed by atoms with van der Waals surface area (Å²) >= 11 is 0. The van der Waals surface area contributed by atoms with E-state index in [2.05, 4.69) is 20.0 Å². The van der Waals surface area contributed by atoms with Crippen LogP contribution in [0.5, 0.6) is 5.75 Å². The summed E-state index contributed by atoms with van der Waals surface area (Å²) in [5.41, 5.74) is 8.07. The molecule has 0 saturated carbocycles. The van der Waals surface area contributed by atoms with Gasteiger partial charge in [-0.3, -0.25) is 4.57 Å². The van der Waals surface area contributed by atoms with Gasteiger partial charge < -0.3 is 29.0 Å². The Balaban J connectivity index is 1.74. The second-order valence-corrected chi connectivity index (χ2v) is 10.0. The smallest absolute Gasteiger partial charge is 0.342 e. The number of methoxy groups -OCH3 is 2. The summed E-state index contributed by atoms with van der Waals surface area (Å²) in [7, 11) is -0.468. The average molecular weight is 493 g/mol. The van der Waals surface area contributed by atoms with Gasteiger partial charge in [0.05, 0.1) is 25.0 Å². The number of aryl methyl sites for hydroxylation is 1. The molecule has 0 bridgehead atoms. The molecule has 2 aromatic heterocycles. The molecule has 12 heteroatoms. The summed E-state index contributed by atoms with van der Waals surface area (Å²) in [6.45, 7) is 6.15. The number of anilines is 1. The van der Waals surface area contributed by atoms with Gasteiger partial charge in [-0.25, -0.2) is 20.0 Å². The first-order chi connectivity index (χ1) is 16.3. The van der Waals surface area contributed by atoms with Crippen molar-refractivity contribution < 1.29 is 23.3 Å². The van der Waals surface area contributed by atoms with Crippen LogP contribution in [0.1, 0.15) is 26.3 Å². The van der Waals surface area contributed by atoms with Gasteiger partial charge in [-0.1, -0.05) is 19.1 Å². The third-order valence-electron chi connectivity index (χ3n) is 5.25. The topological polar surface area (TPSA) is 136 Å². The van der Waals surface area contributed by atoms with Crippen molar-refractivity contribution in [2.75, 3.05) is 26.3 Å². The Kier molecular flexibility index (Phi) is 8.98. The lowest BCUT2D eigenvalue weighted by atomic mass is 10.2. The molecule has 0 aliphatic carbocycles. The van der Waals surface area contributed by atoms with Crippen molar-refractivity contribution in [2.45, 2.75) is 52.2 Å². The summed E-state index contributed by atoms with van der Waals surface area (Å²) in [5.74, 6) is 0.811. The number of benzene rings is 1. The lowest BCUT2D eigenvalue weighted by Crippen LogP contribution is -2.39. The van der Waals surface area contributed by atoms with Gasteiger partial charge in [0, 0.05) is 14.2 Å². The molecule has 2 heterocycles. The second kappa shape index (κ2) is 11.7. The van der Waals surface area contributed by atoms with Crippen molar-refractivity contribution in [3.63, 3.8) is 0 Å². The lowest BCUT2D eigenvalue weighted by molar-refractivity contribution is -0.116. The van der Waals surface area contributed by atoms with Crippen LogP contribution >= 0.6 is 7.52 Å². The van der Waals surface area contributed by atoms with Crippen molar-refractivity contribution in [1.82, 2.24) is 24.6 Å². The molecule has 3 rings (SSSR count). The van der Waals surface area contributed by atoms with E-state index in [9.17, 15) is 4.57 Å². The molecule has 0 fully saturated rings. The first-order valence-corrected chi connectivity index (χ1v) is 12.8. The number of imidazole rings is 1. The van der Waals surface area contributed by atoms with Gasteiger partial charge in [0.1, 0.15) is 23.9 Å². The molecule has 1 aromatic carbocycles. The number of rotatable bonds is 13. The summed E-state index contributed by atoms with van der Waals surface area (Å²) in [6.07, 6.45) is 2.74. The first-order valence-electron chi connectivity index (χ1n) is 11.0. The highest BCUT2D eigenvalue weighted by Crippen LogP contribution is 2.44. The van der Waals surface area contributed by atoms with Gasteiger partial charge in [0.2, 0.25) is 0 Å². The van der Waals surface area contributed by atoms with Gasteiger partial charge in [0.25, 0.3) is 0 Å². The van der Waals surface area contributed by atoms with E-state index in [4.69, 9.17) is 24.5 Å². The van der Waals surface area contributed by atoms with Gasteiger partial charge in [-0.2, -0.15) is 0 Å². The Labute approximate surface area is 199 Å². The van der Waals surface area contributed by atoms with E-state index < -0.39 is 19.9 Å². The van der Waals surface area contributed by atoms with Crippen LogP contribution in [0.15, 0.2) is 36.9 Å². The van der Waals surface area contributed by atoms with Crippen molar-refractivity contribution in [3.05, 3.63) is 42.5 Å². The zero-order valence-corrected chi connectivity index (χ0v) is 21.1. The molecule has 34 heavy (non-hydrogen) atoms. The molecule has 0 radical (unpaired) electrons. The van der Waals surface area contributed by atoms with E-state index in [1.165, 1.54) is 20.5 Å². The van der Waals surface area contributed by atoms with Crippen LogP contribution in [0.2, 0.25) is 0 Å². The summed E-state index contributed by atoms with van der Waals surface area (Å²) in [5, 5.41) is 3.03. The summed E-state index contributed by atoms with van der Waals surface area (Å²) in [4.78, 5) is 12.5. The number of nitrogens with one attached hydrogen (secondary N) is 1. The van der Waals surface area contributed by atoms with Gasteiger partial charge in [-0.15, -0.1) is 0 Å². The van der Waals surface area contributed by atoms with E-state index in [0.717, 1.165) is 12.0 Å². The molecule has 0 saturated heterocycles. The van der Waals surface area contributed by atoms with Crippen LogP contribution in [0.25, 0.3) is 11.2 Å². The molecule has 2 unspecified atom stereocenters. The minimum absolute atomic E-state index is 0.168. The molecule has 0 amide bonds. The highest BCUT2D eigenvalue weighted by atomic mass is 31.2. The first kappa shape index (κ1) is 26.1. The molecule has 11 nitrogen and oxygen atoms in total. The van der Waals surface area contributed by atoms with Crippen molar-refractivity contribution in [1.29, 1.82) is 0 Å². The number of ether oxygens (including phenoxy) is 3. The quantitative estimate of drug-likeness (QED) is 0.270. The summed E-state index contributed by atoms with van der Waals surface area (Å²) in [6, 6.07) is 7.08. The third kappa shape index (κ3) is 6.52. The largest absolute Gasteiger partial charge is 0.431 e. The Bertz CT molecular complexity index is 1120. The normalized spacial score (nSPS) is 15.4. The van der Waals surface area contributed by atoms with E-state index in [-0.39, 0.29) is 12.5 Å². The van der Waals surface area contributed by atoms with E-state index in [1.54, 1.807) is 19.3 Å². The highest BCUT2D eigenvalue weighted by molar-refractivity contribution is 7.57. The van der Waals surface area contributed by atoms with E-state index >= 15 is 0 Å². The Hall–Kier alpha value is -2.56. The van der Waals surface area contributed by atoms with Crippen molar-refractivity contribution in [2.24, 2.45) is 0 Å². The van der Waals surface area contributed by atoms with Gasteiger partial charge >= 0.3 is 7.52 Å². The Morgan fingerprint density at radius 3 is 2.65 bits per heavy atom. The molecule has 0 spiro atoms. The van der Waals surface area contributed by atoms with E-state index in [0.29, 0.717) is 29.3 Å². The fourth-order valence-electron chi connectivity index (χ4n) is 3.55. The number of aromatic nitrogens is 4. The zero-order chi connectivity index (χ0) is 24.7. The predicted octanol–water partition coefficient (Wildman–Crippen LogP) is 3.20. The van der Waals surface area contributed by atoms with Crippen LogP contribution in [0.4, 0.5) is 5.82 Å². The van der Waals surface area contributed by atoms with Gasteiger partial charge in [-0.05, 0) is 38.0 Å². The fraction of sp³-hybridized carbons (Fsp3) is 0.500. The monoisotopic (exact) mass is 492 g/mol. The zero-order valence-electron chi connectivity index (χ0n) is 20.2. The maximum absolute atomic E-state index is 13.9. The maximum Gasteiger partial charge on any atom is 0.342 e. The molecule has 3 N–H and O–H groups in total. The van der Waals surface area contributed by atoms with Crippen LogP contribution < -0.4 is 15.3 Å². The van der Waals surface area contributed by atoms with Crippen LogP contribution in [0, 0.1) is 0 Å². The minimum Gasteiger partial charge on any atom is -0.431 e. The molecular weight excluding hydrogens is 459 g/mol. The number of fused-ring (bicyclic) bond motifs is 1. The van der Waals surface area contributed by atoms with Crippen molar-refractivity contribution in [3.8, 4) is 5.75 Å². The minimum atomic E-state index is -3.51. The maximum atomic E-state index is 13.9. The molecule has 3 atom stereocenters. The highest BCUT2D eigenvalue weighted by Gasteiger charge is 2.32. The Morgan fingerprint density at radius 2 is 1.94 bits per heavy atom. The van der Waals surface area contributed by atoms with Crippen LogP contribution in [-0.4, -0.2) is 58.5 Å². The van der Waals surface area contributed by atoms with E-state index in [1.807, 2.05) is 36.6 Å². The number of nitrogens with zero attached hydrogens (tertiary/aromatic N) is 4. The number of hydrogen-bond donors (Lipinski definition) is 2. The fourth-order valence-corrected chi connectivity index (χ4v) is 5.37. The Morgan fingerprint density at radius 1 is 1.18 bits per heavy atom. The summed E-state index contributed by atoms with van der Waals surface area (Å²) < 4.78 is 38.3. The number of nitrogens with two attached hydrogens (primary N) is 1. The second-order valence-electron chi connectivity index (χ2n) is 7.96. The molecular formula is C22H33N6O5P. The SMILES string of the molecule is CCc1cccc(OP(=O)(COC(C)Cn2cnc3c(N)ncnc32)N[C@@H](C)C(OC)OC)c1. The molecule has 0 aliphatic heterocycles. The third-order valence-corrected chi connectivity index (χ3v) is 7.04. The standard InChI is InChI=1S/C22H33N6O5P/c1-6-17-8-7-9-18(10-17)33-34(29,27-16(3)22(30-4)31-5)14-32-15(2)11-28-13-26-19-20(23)24-12-25-21(19)28/h7-10,12-13,15-16,22H,6,11,14H2,1-5H3,(H,27,29)(H2,23,24,25)/t15?,16-,34?/m0/s1. The van der Waals surface area contributed by atoms with Crippen LogP contribution in [-0.2, 0) is 31.7 Å².